The van der Waals surface area contributed by atoms with Gasteiger partial charge in [-0.1, -0.05) is 12.1 Å². The number of hydrogen-bond donors (Lipinski definition) is 2. The molecule has 144 valence electrons. The molecule has 0 spiro atoms. The molecule has 28 heavy (non-hydrogen) atoms. The highest BCUT2D eigenvalue weighted by molar-refractivity contribution is 7.18. The second-order valence-electron chi connectivity index (χ2n) is 6.08. The maximum atomic E-state index is 12.6. The van der Waals surface area contributed by atoms with Crippen molar-refractivity contribution in [2.75, 3.05) is 6.61 Å². The lowest BCUT2D eigenvalue weighted by Crippen LogP contribution is -2.15. The quantitative estimate of drug-likeness (QED) is 0.504. The molecule has 0 bridgehead atoms. The van der Waals surface area contributed by atoms with E-state index in [1.165, 1.54) is 29.5 Å². The van der Waals surface area contributed by atoms with Crippen LogP contribution in [0.15, 0.2) is 29.1 Å². The van der Waals surface area contributed by atoms with Gasteiger partial charge in [0.25, 0.3) is 5.56 Å². The normalized spacial score (nSPS) is 11.6. The van der Waals surface area contributed by atoms with Gasteiger partial charge in [0, 0.05) is 4.88 Å². The number of carboxylic acid groups (broad SMARTS) is 1. The van der Waals surface area contributed by atoms with Crippen molar-refractivity contribution >= 4 is 45.1 Å². The van der Waals surface area contributed by atoms with Crippen LogP contribution in [0.4, 0.5) is 0 Å². The van der Waals surface area contributed by atoms with Crippen LogP contribution in [0.2, 0.25) is 0 Å². The molecule has 0 fully saturated rings. The molecule has 0 radical (unpaired) electrons. The van der Waals surface area contributed by atoms with Crippen LogP contribution in [0.5, 0.6) is 0 Å². The average Bonchev–Trinajstić information content (AvgIpc) is 2.94. The van der Waals surface area contributed by atoms with Crippen molar-refractivity contribution in [3.8, 4) is 0 Å². The highest BCUT2D eigenvalue weighted by Gasteiger charge is 2.19. The van der Waals surface area contributed by atoms with Gasteiger partial charge in [-0.2, -0.15) is 0 Å². The fraction of sp³-hybridized carbons (Fsp3) is 0.200. The lowest BCUT2D eigenvalue weighted by molar-refractivity contribution is -0.136. The van der Waals surface area contributed by atoms with Crippen molar-refractivity contribution in [2.45, 2.75) is 20.8 Å². The summed E-state index contributed by atoms with van der Waals surface area (Å²) in [6.45, 7) is 5.62. The molecule has 0 aliphatic rings. The van der Waals surface area contributed by atoms with E-state index in [-0.39, 0.29) is 29.1 Å². The predicted molar refractivity (Wildman–Crippen MR) is 108 cm³/mol. The molecule has 0 atom stereocenters. The highest BCUT2D eigenvalue weighted by atomic mass is 32.1. The Morgan fingerprint density at radius 1 is 1.25 bits per heavy atom. The van der Waals surface area contributed by atoms with Crippen molar-refractivity contribution in [1.82, 2.24) is 9.97 Å². The molecule has 3 aromatic rings. The SMILES string of the molecule is CCOC(=O)/C(=C\c1ccc(C(=O)O)cc1)c1nc2sc(C)c(C)c2c(=O)[nH]1. The third kappa shape index (κ3) is 3.72. The number of carbonyl (C=O) groups excluding carboxylic acids is 1. The van der Waals surface area contributed by atoms with E-state index in [9.17, 15) is 14.4 Å². The van der Waals surface area contributed by atoms with E-state index in [1.807, 2.05) is 13.8 Å². The van der Waals surface area contributed by atoms with Gasteiger partial charge in [0.2, 0.25) is 0 Å². The molecule has 7 nitrogen and oxygen atoms in total. The van der Waals surface area contributed by atoms with Crippen LogP contribution in [0.1, 0.15) is 39.1 Å². The predicted octanol–water partition coefficient (Wildman–Crippen LogP) is 3.40. The third-order valence-corrected chi connectivity index (χ3v) is 5.36. The lowest BCUT2D eigenvalue weighted by Gasteiger charge is -2.07. The number of H-pyrrole nitrogens is 1. The minimum Gasteiger partial charge on any atom is -0.478 e. The summed E-state index contributed by atoms with van der Waals surface area (Å²) in [5.74, 6) is -1.56. The Balaban J connectivity index is 2.15. The molecule has 0 amide bonds. The van der Waals surface area contributed by atoms with Gasteiger partial charge >= 0.3 is 11.9 Å². The molecule has 0 aliphatic carbocycles. The van der Waals surface area contributed by atoms with E-state index >= 15 is 0 Å². The fourth-order valence-electron chi connectivity index (χ4n) is 2.70. The molecule has 2 aromatic heterocycles. The minimum atomic E-state index is -1.04. The summed E-state index contributed by atoms with van der Waals surface area (Å²) in [6.07, 6.45) is 1.51. The maximum Gasteiger partial charge on any atom is 0.341 e. The molecule has 3 rings (SSSR count). The number of fused-ring (bicyclic) bond motifs is 1. The number of benzene rings is 1. The summed E-state index contributed by atoms with van der Waals surface area (Å²) in [6, 6.07) is 6.00. The van der Waals surface area contributed by atoms with Crippen molar-refractivity contribution in [3.63, 3.8) is 0 Å². The van der Waals surface area contributed by atoms with E-state index in [4.69, 9.17) is 9.84 Å². The molecule has 1 aromatic carbocycles. The number of aryl methyl sites for hydroxylation is 2. The van der Waals surface area contributed by atoms with E-state index in [0.717, 1.165) is 10.4 Å². The second kappa shape index (κ2) is 7.77. The summed E-state index contributed by atoms with van der Waals surface area (Å²) >= 11 is 1.39. The Hall–Kier alpha value is -3.26. The number of rotatable bonds is 5. The van der Waals surface area contributed by atoms with E-state index < -0.39 is 11.9 Å². The van der Waals surface area contributed by atoms with Crippen molar-refractivity contribution in [1.29, 1.82) is 0 Å². The first-order chi connectivity index (χ1) is 13.3. The summed E-state index contributed by atoms with van der Waals surface area (Å²) < 4.78 is 5.11. The monoisotopic (exact) mass is 398 g/mol. The number of aromatic nitrogens is 2. The third-order valence-electron chi connectivity index (χ3n) is 4.26. The lowest BCUT2D eigenvalue weighted by atomic mass is 10.1. The molecule has 8 heteroatoms. The van der Waals surface area contributed by atoms with E-state index in [0.29, 0.717) is 15.8 Å². The fourth-order valence-corrected chi connectivity index (χ4v) is 3.73. The first-order valence-corrected chi connectivity index (χ1v) is 9.36. The molecular formula is C20H18N2O5S. The first kappa shape index (κ1) is 19.5. The zero-order valence-corrected chi connectivity index (χ0v) is 16.3. The van der Waals surface area contributed by atoms with Gasteiger partial charge in [-0.05, 0) is 50.1 Å². The van der Waals surface area contributed by atoms with Gasteiger partial charge in [-0.25, -0.2) is 14.6 Å². The summed E-state index contributed by atoms with van der Waals surface area (Å²) in [5, 5.41) is 9.53. The van der Waals surface area contributed by atoms with E-state index in [2.05, 4.69) is 9.97 Å². The molecular weight excluding hydrogens is 380 g/mol. The van der Waals surface area contributed by atoms with Crippen LogP contribution in [-0.2, 0) is 9.53 Å². The second-order valence-corrected chi connectivity index (χ2v) is 7.29. The topological polar surface area (TPSA) is 109 Å². The molecule has 0 unspecified atom stereocenters. The molecule has 0 saturated carbocycles. The van der Waals surface area contributed by atoms with Gasteiger partial charge in [-0.15, -0.1) is 11.3 Å². The Morgan fingerprint density at radius 3 is 2.54 bits per heavy atom. The number of nitrogens with zero attached hydrogens (tertiary/aromatic N) is 1. The zero-order valence-electron chi connectivity index (χ0n) is 15.5. The average molecular weight is 398 g/mol. The van der Waals surface area contributed by atoms with Gasteiger partial charge in [0.05, 0.1) is 17.6 Å². The largest absolute Gasteiger partial charge is 0.478 e. The van der Waals surface area contributed by atoms with Gasteiger partial charge < -0.3 is 14.8 Å². The molecule has 0 aliphatic heterocycles. The number of aromatic amines is 1. The number of aromatic carboxylic acids is 1. The van der Waals surface area contributed by atoms with Gasteiger partial charge in [0.1, 0.15) is 16.2 Å². The standard InChI is InChI=1S/C20H18N2O5S/c1-4-27-20(26)14(9-12-5-7-13(8-6-12)19(24)25)16-21-17(23)15-10(2)11(3)28-18(15)22-16/h5-9H,4H2,1-3H3,(H,24,25)(H,21,22,23)/b14-9-. The zero-order chi connectivity index (χ0) is 20.4. The summed E-state index contributed by atoms with van der Waals surface area (Å²) in [7, 11) is 0. The number of thiophene rings is 1. The smallest absolute Gasteiger partial charge is 0.341 e. The van der Waals surface area contributed by atoms with Crippen molar-refractivity contribution < 1.29 is 19.4 Å². The Kier molecular flexibility index (Phi) is 5.41. The molecule has 2 N–H and O–H groups in total. The minimum absolute atomic E-state index is 0.0904. The number of nitrogens with one attached hydrogen (secondary N) is 1. The van der Waals surface area contributed by atoms with Gasteiger partial charge in [-0.3, -0.25) is 4.79 Å². The number of hydrogen-bond acceptors (Lipinski definition) is 6. The highest BCUT2D eigenvalue weighted by Crippen LogP contribution is 2.27. The molecule has 0 saturated heterocycles. The maximum absolute atomic E-state index is 12.6. The van der Waals surface area contributed by atoms with Crippen LogP contribution >= 0.6 is 11.3 Å². The number of carboxylic acids is 1. The Morgan fingerprint density at radius 2 is 1.93 bits per heavy atom. The van der Waals surface area contributed by atoms with Crippen molar-refractivity contribution in [2.24, 2.45) is 0 Å². The van der Waals surface area contributed by atoms with Crippen LogP contribution in [-0.4, -0.2) is 33.6 Å². The summed E-state index contributed by atoms with van der Waals surface area (Å²) in [5.41, 5.74) is 1.35. The van der Waals surface area contributed by atoms with Crippen molar-refractivity contribution in [3.05, 3.63) is 62.0 Å². The molecule has 2 heterocycles. The Bertz CT molecular complexity index is 1160. The van der Waals surface area contributed by atoms with Crippen LogP contribution in [0.25, 0.3) is 21.9 Å². The Labute approximate surface area is 164 Å². The van der Waals surface area contributed by atoms with E-state index in [1.54, 1.807) is 19.1 Å². The van der Waals surface area contributed by atoms with Gasteiger partial charge in [0.15, 0.2) is 0 Å². The summed E-state index contributed by atoms with van der Waals surface area (Å²) in [4.78, 5) is 44.7. The first-order valence-electron chi connectivity index (χ1n) is 8.54. The van der Waals surface area contributed by atoms with Crippen LogP contribution in [0, 0.1) is 13.8 Å². The number of ether oxygens (including phenoxy) is 1. The number of carbonyl (C=O) groups is 2. The van der Waals surface area contributed by atoms with Crippen LogP contribution in [0.3, 0.4) is 0 Å². The number of esters is 1. The van der Waals surface area contributed by atoms with Crippen LogP contribution < -0.4 is 5.56 Å².